The van der Waals surface area contributed by atoms with Crippen molar-refractivity contribution in [3.63, 3.8) is 0 Å². The average molecular weight is 371 g/mol. The topological polar surface area (TPSA) is 65.4 Å². The lowest BCUT2D eigenvalue weighted by molar-refractivity contribution is 0.102. The molecule has 0 aliphatic carbocycles. The van der Waals surface area contributed by atoms with Gasteiger partial charge in [0.05, 0.1) is 6.54 Å². The predicted octanol–water partition coefficient (Wildman–Crippen LogP) is 4.07. The van der Waals surface area contributed by atoms with E-state index in [1.54, 1.807) is 24.3 Å². The van der Waals surface area contributed by atoms with Crippen molar-refractivity contribution in [2.45, 2.75) is 6.54 Å². The molecule has 1 amide bonds. The number of hydrogen-bond acceptors (Lipinski definition) is 4. The third kappa shape index (κ3) is 3.05. The molecule has 6 nitrogen and oxygen atoms in total. The average Bonchev–Trinajstić information content (AvgIpc) is 3.37. The number of benzene rings is 3. The highest BCUT2D eigenvalue weighted by Gasteiger charge is 2.16. The van der Waals surface area contributed by atoms with Crippen molar-refractivity contribution in [3.05, 3.63) is 84.1 Å². The number of amides is 1. The number of nitrogens with one attached hydrogen (secondary N) is 1. The third-order valence-electron chi connectivity index (χ3n) is 4.73. The van der Waals surface area contributed by atoms with Gasteiger partial charge in [-0.25, -0.2) is 0 Å². The SMILES string of the molecule is O=C(Nc1ccn(Cc2cccc3ccccc23)n1)c1ccc2c(c1)OCO2. The van der Waals surface area contributed by atoms with Crippen LogP contribution in [0, 0.1) is 0 Å². The molecule has 0 fully saturated rings. The number of aromatic nitrogens is 2. The molecule has 0 radical (unpaired) electrons. The molecule has 6 heteroatoms. The summed E-state index contributed by atoms with van der Waals surface area (Å²) in [6, 6.07) is 21.4. The van der Waals surface area contributed by atoms with E-state index >= 15 is 0 Å². The van der Waals surface area contributed by atoms with E-state index in [0.29, 0.717) is 29.4 Å². The van der Waals surface area contributed by atoms with Gasteiger partial charge in [0.25, 0.3) is 5.91 Å². The maximum Gasteiger partial charge on any atom is 0.257 e. The number of carbonyl (C=O) groups excluding carboxylic acids is 1. The minimum absolute atomic E-state index is 0.180. The minimum atomic E-state index is -0.242. The first-order valence-corrected chi connectivity index (χ1v) is 8.97. The summed E-state index contributed by atoms with van der Waals surface area (Å²) in [4.78, 5) is 12.5. The summed E-state index contributed by atoms with van der Waals surface area (Å²) < 4.78 is 12.4. The molecule has 1 aliphatic rings. The molecule has 138 valence electrons. The van der Waals surface area contributed by atoms with Gasteiger partial charge in [0.1, 0.15) is 0 Å². The maximum atomic E-state index is 12.5. The van der Waals surface area contributed by atoms with E-state index in [1.807, 2.05) is 29.1 Å². The first-order valence-electron chi connectivity index (χ1n) is 8.97. The Bertz CT molecular complexity index is 1180. The van der Waals surface area contributed by atoms with E-state index in [2.05, 4.69) is 34.7 Å². The van der Waals surface area contributed by atoms with Crippen LogP contribution in [0.5, 0.6) is 11.5 Å². The van der Waals surface area contributed by atoms with Crippen molar-refractivity contribution in [3.8, 4) is 11.5 Å². The van der Waals surface area contributed by atoms with Crippen molar-refractivity contribution < 1.29 is 14.3 Å². The Morgan fingerprint density at radius 2 is 1.86 bits per heavy atom. The molecule has 0 atom stereocenters. The largest absolute Gasteiger partial charge is 0.454 e. The van der Waals surface area contributed by atoms with Crippen LogP contribution >= 0.6 is 0 Å². The van der Waals surface area contributed by atoms with E-state index in [-0.39, 0.29) is 12.7 Å². The van der Waals surface area contributed by atoms with Crippen LogP contribution in [0.15, 0.2) is 72.9 Å². The smallest absolute Gasteiger partial charge is 0.257 e. The van der Waals surface area contributed by atoms with Gasteiger partial charge in [0.15, 0.2) is 17.3 Å². The van der Waals surface area contributed by atoms with Crippen LogP contribution in [0.2, 0.25) is 0 Å². The molecule has 5 rings (SSSR count). The van der Waals surface area contributed by atoms with Crippen molar-refractivity contribution in [2.24, 2.45) is 0 Å². The Balaban J connectivity index is 1.33. The Morgan fingerprint density at radius 3 is 2.82 bits per heavy atom. The van der Waals surface area contributed by atoms with E-state index in [9.17, 15) is 4.79 Å². The summed E-state index contributed by atoms with van der Waals surface area (Å²) in [5.74, 6) is 1.49. The molecule has 2 heterocycles. The Labute approximate surface area is 161 Å². The third-order valence-corrected chi connectivity index (χ3v) is 4.73. The van der Waals surface area contributed by atoms with Crippen molar-refractivity contribution >= 4 is 22.5 Å². The highest BCUT2D eigenvalue weighted by atomic mass is 16.7. The summed E-state index contributed by atoms with van der Waals surface area (Å²) in [5, 5.41) is 9.70. The van der Waals surface area contributed by atoms with Gasteiger partial charge >= 0.3 is 0 Å². The Hall–Kier alpha value is -3.80. The number of rotatable bonds is 4. The highest BCUT2D eigenvalue weighted by molar-refractivity contribution is 6.04. The zero-order chi connectivity index (χ0) is 18.9. The number of carbonyl (C=O) groups is 1. The number of anilines is 1. The molecule has 3 aromatic carbocycles. The van der Waals surface area contributed by atoms with Crippen LogP contribution < -0.4 is 14.8 Å². The van der Waals surface area contributed by atoms with Gasteiger partial charge in [0.2, 0.25) is 6.79 Å². The van der Waals surface area contributed by atoms with Crippen LogP contribution in [0.4, 0.5) is 5.82 Å². The summed E-state index contributed by atoms with van der Waals surface area (Å²) >= 11 is 0. The molecule has 0 saturated carbocycles. The zero-order valence-electron chi connectivity index (χ0n) is 15.0. The van der Waals surface area contributed by atoms with Crippen LogP contribution in [0.1, 0.15) is 15.9 Å². The Kier molecular flexibility index (Phi) is 3.94. The first-order chi connectivity index (χ1) is 13.8. The second-order valence-corrected chi connectivity index (χ2v) is 6.56. The van der Waals surface area contributed by atoms with Gasteiger partial charge in [-0.1, -0.05) is 42.5 Å². The molecule has 0 unspecified atom stereocenters. The monoisotopic (exact) mass is 371 g/mol. The normalized spacial score (nSPS) is 12.3. The fourth-order valence-corrected chi connectivity index (χ4v) is 3.35. The van der Waals surface area contributed by atoms with Crippen LogP contribution in [-0.4, -0.2) is 22.5 Å². The number of fused-ring (bicyclic) bond motifs is 2. The maximum absolute atomic E-state index is 12.5. The summed E-state index contributed by atoms with van der Waals surface area (Å²) in [6.07, 6.45) is 1.86. The van der Waals surface area contributed by atoms with E-state index in [0.717, 1.165) is 0 Å². The van der Waals surface area contributed by atoms with E-state index < -0.39 is 0 Å². The van der Waals surface area contributed by atoms with E-state index in [1.165, 1.54) is 16.3 Å². The second-order valence-electron chi connectivity index (χ2n) is 6.56. The van der Waals surface area contributed by atoms with Crippen molar-refractivity contribution in [1.29, 1.82) is 0 Å². The number of ether oxygens (including phenoxy) is 2. The lowest BCUT2D eigenvalue weighted by Crippen LogP contribution is -2.12. The molecule has 1 aromatic heterocycles. The summed E-state index contributed by atoms with van der Waals surface area (Å²) in [6.45, 7) is 0.806. The van der Waals surface area contributed by atoms with Crippen LogP contribution in [0.25, 0.3) is 10.8 Å². The molecular formula is C22H17N3O3. The summed E-state index contributed by atoms with van der Waals surface area (Å²) in [5.41, 5.74) is 1.67. The fraction of sp³-hybridized carbons (Fsp3) is 0.0909. The lowest BCUT2D eigenvalue weighted by atomic mass is 10.0. The first kappa shape index (κ1) is 16.4. The van der Waals surface area contributed by atoms with Gasteiger partial charge in [-0.15, -0.1) is 0 Å². The predicted molar refractivity (Wildman–Crippen MR) is 106 cm³/mol. The van der Waals surface area contributed by atoms with Crippen LogP contribution in [-0.2, 0) is 6.54 Å². The minimum Gasteiger partial charge on any atom is -0.454 e. The molecular weight excluding hydrogens is 354 g/mol. The summed E-state index contributed by atoms with van der Waals surface area (Å²) in [7, 11) is 0. The molecule has 4 aromatic rings. The fourth-order valence-electron chi connectivity index (χ4n) is 3.35. The quantitative estimate of drug-likeness (QED) is 0.587. The lowest BCUT2D eigenvalue weighted by Gasteiger charge is -2.07. The molecule has 1 aliphatic heterocycles. The van der Waals surface area contributed by atoms with Gasteiger partial charge < -0.3 is 14.8 Å². The van der Waals surface area contributed by atoms with Gasteiger partial charge in [-0.2, -0.15) is 5.10 Å². The van der Waals surface area contributed by atoms with Gasteiger partial charge in [-0.3, -0.25) is 9.48 Å². The van der Waals surface area contributed by atoms with Gasteiger partial charge in [0, 0.05) is 17.8 Å². The molecule has 0 spiro atoms. The van der Waals surface area contributed by atoms with Crippen molar-refractivity contribution in [2.75, 3.05) is 12.1 Å². The zero-order valence-corrected chi connectivity index (χ0v) is 15.0. The number of nitrogens with zero attached hydrogens (tertiary/aromatic N) is 2. The second kappa shape index (κ2) is 6.74. The highest BCUT2D eigenvalue weighted by Crippen LogP contribution is 2.32. The molecule has 0 bridgehead atoms. The van der Waals surface area contributed by atoms with Crippen LogP contribution in [0.3, 0.4) is 0 Å². The van der Waals surface area contributed by atoms with Gasteiger partial charge in [-0.05, 0) is 34.5 Å². The standard InChI is InChI=1S/C22H17N3O3/c26-22(16-8-9-19-20(12-16)28-14-27-19)23-21-10-11-25(24-21)13-17-6-3-5-15-4-1-2-7-18(15)17/h1-12H,13-14H2,(H,23,24,26). The number of hydrogen-bond donors (Lipinski definition) is 1. The van der Waals surface area contributed by atoms with E-state index in [4.69, 9.17) is 9.47 Å². The molecule has 1 N–H and O–H groups in total. The molecule has 0 saturated heterocycles. The Morgan fingerprint density at radius 1 is 1.00 bits per heavy atom. The molecule has 28 heavy (non-hydrogen) atoms. The van der Waals surface area contributed by atoms with Crippen molar-refractivity contribution in [1.82, 2.24) is 9.78 Å².